The quantitative estimate of drug-likeness (QED) is 0.0380. The van der Waals surface area contributed by atoms with E-state index in [1.807, 2.05) is 0 Å². The van der Waals surface area contributed by atoms with Crippen molar-refractivity contribution >= 4 is 93.3 Å². The fourth-order valence-electron chi connectivity index (χ4n) is 3.55. The number of nitrogens with two attached hydrogens (primary N) is 2. The van der Waals surface area contributed by atoms with Crippen LogP contribution >= 0.6 is 58.2 Å². The van der Waals surface area contributed by atoms with E-state index in [9.17, 15) is 29.5 Å². The Morgan fingerprint density at radius 2 is 2.18 bits per heavy atom. The maximum Gasteiger partial charge on any atom is 0.353 e. The van der Waals surface area contributed by atoms with Gasteiger partial charge < -0.3 is 32.4 Å². The molecule has 206 valence electrons. The van der Waals surface area contributed by atoms with Crippen molar-refractivity contribution in [2.24, 2.45) is 10.9 Å². The SMILES string of the molecule is Nc1nc(/C(=N/O)C(=O)N[C@@H]2C(=O)N3C(C(=O)O)=C(Sc4ccncc4SCC(N)NC=O)CS[C@@H]23)c(Cl)s1. The number of aliphatic carboxylic acids is 1. The van der Waals surface area contributed by atoms with Gasteiger partial charge in [0.1, 0.15) is 27.1 Å². The minimum Gasteiger partial charge on any atom is -0.477 e. The normalized spacial score (nSPS) is 19.7. The molecule has 2 aliphatic rings. The van der Waals surface area contributed by atoms with Gasteiger partial charge in [-0.2, -0.15) is 0 Å². The second kappa shape index (κ2) is 12.4. The molecule has 0 bridgehead atoms. The Labute approximate surface area is 242 Å². The standard InChI is InChI=1S/C20H19ClN8O6S4/c21-15-11(27-20(23)39-15)12(28-35)16(31)26-13-17(32)29-14(19(33)34)9(4-37-18(13)29)38-7-1-2-24-3-8(7)36-5-10(22)25-6-30/h1-3,6,10,13,18,35H,4-5,22H2,(H2,23,27)(H,25,30)(H,26,31)(H,33,34)/b28-12-/t10?,13-,18+/m1/s1. The van der Waals surface area contributed by atoms with Crippen LogP contribution in [-0.4, -0.2) is 84.2 Å². The van der Waals surface area contributed by atoms with E-state index in [2.05, 4.69) is 25.8 Å². The zero-order chi connectivity index (χ0) is 28.3. The average molecular weight is 631 g/mol. The van der Waals surface area contributed by atoms with Crippen LogP contribution in [0.1, 0.15) is 5.69 Å². The third-order valence-electron chi connectivity index (χ3n) is 5.24. The lowest BCUT2D eigenvalue weighted by Gasteiger charge is -2.49. The summed E-state index contributed by atoms with van der Waals surface area (Å²) in [4.78, 5) is 59.6. The van der Waals surface area contributed by atoms with E-state index in [0.717, 1.165) is 16.2 Å². The van der Waals surface area contributed by atoms with Gasteiger partial charge >= 0.3 is 5.97 Å². The number of amides is 3. The number of hydrogen-bond acceptors (Lipinski definition) is 14. The molecule has 1 unspecified atom stereocenters. The molecule has 3 amide bonds. The number of rotatable bonds is 11. The lowest BCUT2D eigenvalue weighted by molar-refractivity contribution is -0.150. The summed E-state index contributed by atoms with van der Waals surface area (Å²) in [5.41, 5.74) is 10.5. The van der Waals surface area contributed by atoms with Crippen molar-refractivity contribution in [2.75, 3.05) is 17.2 Å². The van der Waals surface area contributed by atoms with Crippen molar-refractivity contribution in [3.05, 3.63) is 39.1 Å². The molecule has 2 aromatic rings. The topological polar surface area (TPSA) is 226 Å². The first-order valence-electron chi connectivity index (χ1n) is 10.7. The smallest absolute Gasteiger partial charge is 0.353 e. The van der Waals surface area contributed by atoms with Gasteiger partial charge in [0, 0.05) is 38.6 Å². The van der Waals surface area contributed by atoms with Gasteiger partial charge in [0.15, 0.2) is 10.8 Å². The van der Waals surface area contributed by atoms with Gasteiger partial charge in [0.25, 0.3) is 11.8 Å². The summed E-state index contributed by atoms with van der Waals surface area (Å²) in [7, 11) is 0. The second-order valence-electron chi connectivity index (χ2n) is 7.69. The molecule has 0 radical (unpaired) electrons. The Balaban J connectivity index is 1.51. The van der Waals surface area contributed by atoms with Gasteiger partial charge in [0.05, 0.1) is 6.17 Å². The number of oxime groups is 1. The molecular formula is C20H19ClN8O6S4. The van der Waals surface area contributed by atoms with E-state index in [4.69, 9.17) is 23.1 Å². The van der Waals surface area contributed by atoms with Crippen LogP contribution in [0.3, 0.4) is 0 Å². The number of carbonyl (C=O) groups is 4. The molecule has 0 spiro atoms. The number of β-lactam (4-membered cyclic amide) rings is 1. The molecule has 4 heterocycles. The molecule has 14 nitrogen and oxygen atoms in total. The Morgan fingerprint density at radius 3 is 2.82 bits per heavy atom. The highest BCUT2D eigenvalue weighted by Crippen LogP contribution is 2.46. The molecule has 39 heavy (non-hydrogen) atoms. The molecule has 0 saturated carbocycles. The monoisotopic (exact) mass is 630 g/mol. The van der Waals surface area contributed by atoms with E-state index in [-0.39, 0.29) is 26.6 Å². The van der Waals surface area contributed by atoms with Crippen LogP contribution < -0.4 is 22.1 Å². The van der Waals surface area contributed by atoms with Crippen LogP contribution in [0.15, 0.2) is 44.0 Å². The van der Waals surface area contributed by atoms with Crippen LogP contribution in [0.4, 0.5) is 5.13 Å². The fraction of sp³-hybridized carbons (Fsp3) is 0.250. The molecule has 3 atom stereocenters. The molecule has 2 aliphatic heterocycles. The summed E-state index contributed by atoms with van der Waals surface area (Å²) in [5, 5.41) is 26.6. The van der Waals surface area contributed by atoms with Crippen LogP contribution in [0.5, 0.6) is 0 Å². The van der Waals surface area contributed by atoms with Crippen molar-refractivity contribution in [3.8, 4) is 0 Å². The van der Waals surface area contributed by atoms with Crippen molar-refractivity contribution in [1.82, 2.24) is 25.5 Å². The van der Waals surface area contributed by atoms with Crippen LogP contribution in [0, 0.1) is 0 Å². The molecule has 1 fully saturated rings. The third-order valence-corrected chi connectivity index (χ3v) is 10.2. The number of thiazole rings is 1. The number of pyridine rings is 1. The van der Waals surface area contributed by atoms with E-state index < -0.39 is 41.1 Å². The summed E-state index contributed by atoms with van der Waals surface area (Å²) in [6.45, 7) is 0. The van der Waals surface area contributed by atoms with Crippen molar-refractivity contribution in [2.45, 2.75) is 27.4 Å². The molecule has 0 aromatic carbocycles. The van der Waals surface area contributed by atoms with Gasteiger partial charge in [-0.1, -0.05) is 39.9 Å². The second-order valence-corrected chi connectivity index (χ2v) is 12.6. The van der Waals surface area contributed by atoms with Gasteiger partial charge in [-0.15, -0.1) is 23.5 Å². The first-order valence-corrected chi connectivity index (χ1v) is 14.8. The first kappa shape index (κ1) is 29.0. The van der Waals surface area contributed by atoms with Gasteiger partial charge in [-0.05, 0) is 6.07 Å². The predicted molar refractivity (Wildman–Crippen MR) is 148 cm³/mol. The highest BCUT2D eigenvalue weighted by molar-refractivity contribution is 8.07. The zero-order valence-electron chi connectivity index (χ0n) is 19.4. The highest BCUT2D eigenvalue weighted by atomic mass is 35.5. The van der Waals surface area contributed by atoms with Crippen LogP contribution in [0.2, 0.25) is 4.34 Å². The zero-order valence-corrected chi connectivity index (χ0v) is 23.5. The maximum atomic E-state index is 13.0. The van der Waals surface area contributed by atoms with Gasteiger partial charge in [0.2, 0.25) is 6.41 Å². The lowest BCUT2D eigenvalue weighted by atomic mass is 10.0. The number of nitrogen functional groups attached to an aromatic ring is 1. The Bertz CT molecular complexity index is 1390. The largest absolute Gasteiger partial charge is 0.477 e. The number of thioether (sulfide) groups is 3. The number of carboxylic acid groups (broad SMARTS) is 1. The number of nitrogens with one attached hydrogen (secondary N) is 2. The van der Waals surface area contributed by atoms with E-state index in [0.29, 0.717) is 26.9 Å². The Morgan fingerprint density at radius 1 is 1.41 bits per heavy atom. The number of halogens is 1. The fourth-order valence-corrected chi connectivity index (χ4v) is 8.05. The van der Waals surface area contributed by atoms with E-state index in [1.54, 1.807) is 18.5 Å². The summed E-state index contributed by atoms with van der Waals surface area (Å²) in [6.07, 6.45) is 3.07. The van der Waals surface area contributed by atoms with Crippen LogP contribution in [0.25, 0.3) is 0 Å². The Hall–Kier alpha value is -3.03. The van der Waals surface area contributed by atoms with Crippen molar-refractivity contribution < 1.29 is 29.5 Å². The van der Waals surface area contributed by atoms with Gasteiger partial charge in [-0.25, -0.2) is 9.78 Å². The molecule has 8 N–H and O–H groups in total. The van der Waals surface area contributed by atoms with Gasteiger partial charge in [-0.3, -0.25) is 24.3 Å². The van der Waals surface area contributed by atoms with E-state index in [1.165, 1.54) is 35.3 Å². The molecule has 4 rings (SSSR count). The first-order chi connectivity index (χ1) is 18.7. The van der Waals surface area contributed by atoms with E-state index >= 15 is 0 Å². The number of nitrogens with zero attached hydrogens (tertiary/aromatic N) is 4. The minimum absolute atomic E-state index is 0.0254. The molecule has 2 aromatic heterocycles. The summed E-state index contributed by atoms with van der Waals surface area (Å²) >= 11 is 10.7. The number of carboxylic acids is 1. The lowest BCUT2D eigenvalue weighted by Crippen LogP contribution is -2.71. The summed E-state index contributed by atoms with van der Waals surface area (Å²) in [6, 6.07) is 0.635. The summed E-state index contributed by atoms with van der Waals surface area (Å²) in [5.74, 6) is -2.29. The molecule has 0 aliphatic carbocycles. The minimum atomic E-state index is -1.30. The highest BCUT2D eigenvalue weighted by Gasteiger charge is 2.54. The Kier molecular flexibility index (Phi) is 9.23. The van der Waals surface area contributed by atoms with Crippen molar-refractivity contribution in [3.63, 3.8) is 0 Å². The number of carbonyl (C=O) groups excluding carboxylic acids is 3. The summed E-state index contributed by atoms with van der Waals surface area (Å²) < 4.78 is 0.0254. The number of aromatic nitrogens is 2. The van der Waals surface area contributed by atoms with Crippen molar-refractivity contribution in [1.29, 1.82) is 0 Å². The molecule has 19 heteroatoms. The third kappa shape index (κ3) is 6.10. The maximum absolute atomic E-state index is 13.0. The number of hydrogen-bond donors (Lipinski definition) is 6. The van der Waals surface area contributed by atoms with Crippen LogP contribution in [-0.2, 0) is 19.2 Å². The molecular weight excluding hydrogens is 612 g/mol. The number of fused-ring (bicyclic) bond motifs is 1. The molecule has 1 saturated heterocycles. The predicted octanol–water partition coefficient (Wildman–Crippen LogP) is 0.563. The number of anilines is 1. The average Bonchev–Trinajstić information content (AvgIpc) is 3.24.